The van der Waals surface area contributed by atoms with Gasteiger partial charge >= 0.3 is 11.9 Å². The molecule has 5 nitrogen and oxygen atoms in total. The molecule has 2 aromatic heterocycles. The molecule has 1 aromatic carbocycles. The Morgan fingerprint density at radius 3 is 2.54 bits per heavy atom. The summed E-state index contributed by atoms with van der Waals surface area (Å²) in [5, 5.41) is 0.978. The molecule has 0 aliphatic heterocycles. The highest BCUT2D eigenvalue weighted by Crippen LogP contribution is 2.32. The van der Waals surface area contributed by atoms with Crippen LogP contribution >= 0.6 is 22.9 Å². The van der Waals surface area contributed by atoms with Gasteiger partial charge in [0.2, 0.25) is 0 Å². The fraction of sp³-hybridized carbons (Fsp3) is 0.214. The average molecular weight is 376 g/mol. The van der Waals surface area contributed by atoms with Crippen LogP contribution in [0.2, 0.25) is 5.02 Å². The Balaban J connectivity index is 2.41. The summed E-state index contributed by atoms with van der Waals surface area (Å²) in [4.78, 5) is 28.8. The Bertz CT molecular complexity index is 1080. The fourth-order valence-corrected chi connectivity index (χ4v) is 3.57. The predicted molar refractivity (Wildman–Crippen MR) is 85.2 cm³/mol. The van der Waals surface area contributed by atoms with Crippen molar-refractivity contribution in [3.63, 3.8) is 0 Å². The topological polar surface area (TPSA) is 56.9 Å². The predicted octanol–water partition coefficient (Wildman–Crippen LogP) is 3.13. The van der Waals surface area contributed by atoms with Gasteiger partial charge in [0.05, 0.1) is 20.4 Å². The summed E-state index contributed by atoms with van der Waals surface area (Å²) in [6.45, 7) is 1.72. The second-order valence-corrected chi connectivity index (χ2v) is 6.63. The lowest BCUT2D eigenvalue weighted by Crippen LogP contribution is -2.40. The van der Waals surface area contributed by atoms with Crippen LogP contribution in [0.1, 0.15) is 10.7 Å². The van der Waals surface area contributed by atoms with Crippen LogP contribution in [0.25, 0.3) is 15.9 Å². The second kappa shape index (κ2) is 5.45. The van der Waals surface area contributed by atoms with Gasteiger partial charge in [-0.15, -0.1) is 11.3 Å². The molecule has 0 fully saturated rings. The monoisotopic (exact) mass is 375 g/mol. The van der Waals surface area contributed by atoms with Crippen molar-refractivity contribution in [1.82, 2.24) is 14.1 Å². The summed E-state index contributed by atoms with van der Waals surface area (Å²) in [6.07, 6.45) is -4.80. The van der Waals surface area contributed by atoms with E-state index in [0.717, 1.165) is 7.05 Å². The van der Waals surface area contributed by atoms with Crippen molar-refractivity contribution < 1.29 is 13.2 Å². The first kappa shape index (κ1) is 16.7. The van der Waals surface area contributed by atoms with Gasteiger partial charge in [0.15, 0.2) is 0 Å². The molecule has 2 heterocycles. The number of fused-ring (bicyclic) bond motifs is 1. The Hall–Kier alpha value is -2.13. The molecule has 0 unspecified atom stereocenters. The van der Waals surface area contributed by atoms with Gasteiger partial charge in [0, 0.05) is 13.1 Å². The molecule has 0 saturated carbocycles. The Labute approximate surface area is 141 Å². The van der Waals surface area contributed by atoms with Gasteiger partial charge in [0.1, 0.15) is 11.2 Å². The van der Waals surface area contributed by atoms with Gasteiger partial charge in [-0.2, -0.15) is 13.2 Å². The summed E-state index contributed by atoms with van der Waals surface area (Å²) >= 11 is 7.25. The number of thiazole rings is 1. The first-order valence-corrected chi connectivity index (χ1v) is 7.77. The molecule has 0 radical (unpaired) electrons. The second-order valence-electron chi connectivity index (χ2n) is 5.02. The molecule has 3 rings (SSSR count). The van der Waals surface area contributed by atoms with E-state index in [0.29, 0.717) is 35.4 Å². The van der Waals surface area contributed by atoms with Crippen LogP contribution < -0.4 is 11.2 Å². The molecular weight excluding hydrogens is 367 g/mol. The van der Waals surface area contributed by atoms with Gasteiger partial charge < -0.3 is 0 Å². The molecule has 0 bridgehead atoms. The van der Waals surface area contributed by atoms with E-state index in [2.05, 4.69) is 4.98 Å². The molecular formula is C14H9ClF3N3O2S. The van der Waals surface area contributed by atoms with E-state index in [1.165, 1.54) is 23.5 Å². The highest BCUT2D eigenvalue weighted by Gasteiger charge is 2.35. The van der Waals surface area contributed by atoms with Gasteiger partial charge in [-0.1, -0.05) is 11.6 Å². The molecule has 24 heavy (non-hydrogen) atoms. The van der Waals surface area contributed by atoms with E-state index in [-0.39, 0.29) is 5.69 Å². The van der Waals surface area contributed by atoms with Crippen LogP contribution in [0.4, 0.5) is 13.2 Å². The smallest absolute Gasteiger partial charge is 0.292 e. The highest BCUT2D eigenvalue weighted by atomic mass is 35.5. The van der Waals surface area contributed by atoms with Crippen molar-refractivity contribution in [2.75, 3.05) is 0 Å². The standard InChI is InChI=1S/C14H9ClF3N3O2S/c1-6-19-11-7(15)3-4-8(12(11)24-6)21-10(22)5-9(14(16,17)18)20(2)13(21)23/h3-5H,1-2H3. The van der Waals surface area contributed by atoms with Crippen LogP contribution in [0, 0.1) is 6.92 Å². The fourth-order valence-electron chi connectivity index (χ4n) is 2.36. The molecule has 3 aromatic rings. The van der Waals surface area contributed by atoms with Gasteiger partial charge in [-0.05, 0) is 19.1 Å². The maximum Gasteiger partial charge on any atom is 0.431 e. The van der Waals surface area contributed by atoms with Crippen molar-refractivity contribution in [3.05, 3.63) is 54.8 Å². The number of halogens is 4. The van der Waals surface area contributed by atoms with Crippen molar-refractivity contribution in [2.45, 2.75) is 13.1 Å². The molecule has 0 spiro atoms. The number of benzene rings is 1. The summed E-state index contributed by atoms with van der Waals surface area (Å²) in [5.74, 6) is 0. The zero-order valence-corrected chi connectivity index (χ0v) is 13.9. The van der Waals surface area contributed by atoms with Gasteiger partial charge in [0.25, 0.3) is 5.56 Å². The van der Waals surface area contributed by atoms with Crippen molar-refractivity contribution in [1.29, 1.82) is 0 Å². The molecule has 0 N–H and O–H groups in total. The minimum atomic E-state index is -4.80. The minimum absolute atomic E-state index is 0.152. The number of hydrogen-bond donors (Lipinski definition) is 0. The van der Waals surface area contributed by atoms with Crippen LogP contribution in [-0.4, -0.2) is 14.1 Å². The lowest BCUT2D eigenvalue weighted by Gasteiger charge is -2.14. The number of alkyl halides is 3. The van der Waals surface area contributed by atoms with Crippen LogP contribution in [0.3, 0.4) is 0 Å². The molecule has 126 valence electrons. The summed E-state index contributed by atoms with van der Waals surface area (Å²) in [7, 11) is 0.964. The zero-order valence-electron chi connectivity index (χ0n) is 12.3. The van der Waals surface area contributed by atoms with Crippen molar-refractivity contribution in [3.8, 4) is 5.69 Å². The number of hydrogen-bond acceptors (Lipinski definition) is 4. The lowest BCUT2D eigenvalue weighted by molar-refractivity contribution is -0.144. The average Bonchev–Trinajstić information content (AvgIpc) is 2.86. The van der Waals surface area contributed by atoms with Crippen molar-refractivity contribution >= 4 is 33.2 Å². The van der Waals surface area contributed by atoms with E-state index in [1.807, 2.05) is 0 Å². The van der Waals surface area contributed by atoms with E-state index in [1.54, 1.807) is 6.92 Å². The molecule has 0 saturated heterocycles. The van der Waals surface area contributed by atoms with Crippen LogP contribution in [-0.2, 0) is 13.2 Å². The summed E-state index contributed by atoms with van der Waals surface area (Å²) in [6, 6.07) is 3.26. The number of aryl methyl sites for hydroxylation is 1. The largest absolute Gasteiger partial charge is 0.431 e. The molecule has 0 aliphatic rings. The number of rotatable bonds is 1. The maximum absolute atomic E-state index is 12.9. The third-order valence-electron chi connectivity index (χ3n) is 3.43. The Morgan fingerprint density at radius 1 is 1.25 bits per heavy atom. The molecule has 0 aliphatic carbocycles. The van der Waals surface area contributed by atoms with E-state index >= 15 is 0 Å². The third-order valence-corrected chi connectivity index (χ3v) is 4.73. The quantitative estimate of drug-likeness (QED) is 0.656. The van der Waals surface area contributed by atoms with E-state index in [9.17, 15) is 22.8 Å². The SMILES string of the molecule is Cc1nc2c(Cl)ccc(-n3c(=O)cc(C(F)(F)F)n(C)c3=O)c2s1. The van der Waals surface area contributed by atoms with Gasteiger partial charge in [-0.3, -0.25) is 9.36 Å². The maximum atomic E-state index is 12.9. The molecule has 0 amide bonds. The minimum Gasteiger partial charge on any atom is -0.292 e. The number of aromatic nitrogens is 3. The summed E-state index contributed by atoms with van der Waals surface area (Å²) in [5.41, 5.74) is -2.92. The Morgan fingerprint density at radius 2 is 1.92 bits per heavy atom. The van der Waals surface area contributed by atoms with Crippen LogP contribution in [0.15, 0.2) is 27.8 Å². The van der Waals surface area contributed by atoms with E-state index < -0.39 is 23.1 Å². The van der Waals surface area contributed by atoms with Crippen LogP contribution in [0.5, 0.6) is 0 Å². The van der Waals surface area contributed by atoms with Crippen molar-refractivity contribution in [2.24, 2.45) is 7.05 Å². The van der Waals surface area contributed by atoms with E-state index in [4.69, 9.17) is 11.6 Å². The molecule has 0 atom stereocenters. The zero-order chi connectivity index (χ0) is 17.8. The third kappa shape index (κ3) is 2.53. The molecule has 10 heteroatoms. The number of nitrogens with zero attached hydrogens (tertiary/aromatic N) is 3. The first-order chi connectivity index (χ1) is 11.1. The Kier molecular flexibility index (Phi) is 3.80. The first-order valence-electron chi connectivity index (χ1n) is 6.57. The normalized spacial score (nSPS) is 12.1. The van der Waals surface area contributed by atoms with Gasteiger partial charge in [-0.25, -0.2) is 14.3 Å². The lowest BCUT2D eigenvalue weighted by atomic mass is 10.2. The summed E-state index contributed by atoms with van der Waals surface area (Å²) < 4.78 is 40.3. The highest BCUT2D eigenvalue weighted by molar-refractivity contribution is 7.19.